The molecule has 0 bridgehead atoms. The molecule has 0 fully saturated rings. The molecule has 3 nitrogen and oxygen atoms in total. The Balaban J connectivity index is 2.33. The summed E-state index contributed by atoms with van der Waals surface area (Å²) in [5.74, 6) is 1.45. The van der Waals surface area contributed by atoms with E-state index in [9.17, 15) is 0 Å². The number of pyridine rings is 1. The van der Waals surface area contributed by atoms with Crippen molar-refractivity contribution in [3.63, 3.8) is 0 Å². The van der Waals surface area contributed by atoms with E-state index >= 15 is 0 Å². The molecule has 1 heterocycles. The van der Waals surface area contributed by atoms with Gasteiger partial charge in [0.2, 0.25) is 0 Å². The van der Waals surface area contributed by atoms with E-state index < -0.39 is 0 Å². The number of hydrogen-bond acceptors (Lipinski definition) is 3. The average Bonchev–Trinajstić information content (AvgIpc) is 2.44. The summed E-state index contributed by atoms with van der Waals surface area (Å²) in [6, 6.07) is 11.7. The highest BCUT2D eigenvalue weighted by Gasteiger charge is 2.06. The summed E-state index contributed by atoms with van der Waals surface area (Å²) in [6.45, 7) is 1.98. The molecule has 0 amide bonds. The van der Waals surface area contributed by atoms with E-state index in [4.69, 9.17) is 9.47 Å². The van der Waals surface area contributed by atoms with Crippen LogP contribution in [0.1, 0.15) is 17.0 Å². The van der Waals surface area contributed by atoms with Crippen molar-refractivity contribution in [2.75, 3.05) is 14.2 Å². The van der Waals surface area contributed by atoms with Gasteiger partial charge in [0.1, 0.15) is 0 Å². The number of hydrogen-bond donors (Lipinski definition) is 0. The predicted molar refractivity (Wildman–Crippen MR) is 77.4 cm³/mol. The van der Waals surface area contributed by atoms with Crippen molar-refractivity contribution in [3.8, 4) is 11.5 Å². The van der Waals surface area contributed by atoms with Crippen molar-refractivity contribution in [2.24, 2.45) is 0 Å². The number of ether oxygens (including phenoxy) is 2. The van der Waals surface area contributed by atoms with Gasteiger partial charge in [-0.1, -0.05) is 18.2 Å². The molecule has 98 valence electrons. The lowest BCUT2D eigenvalue weighted by Gasteiger charge is -2.09. The first-order valence-corrected chi connectivity index (χ1v) is 6.07. The van der Waals surface area contributed by atoms with Crippen LogP contribution >= 0.6 is 0 Å². The van der Waals surface area contributed by atoms with Crippen LogP contribution in [-0.2, 0) is 0 Å². The minimum absolute atomic E-state index is 0.724. The molecule has 2 aromatic rings. The van der Waals surface area contributed by atoms with E-state index in [0.29, 0.717) is 0 Å². The van der Waals surface area contributed by atoms with Gasteiger partial charge in [0.15, 0.2) is 11.5 Å². The van der Waals surface area contributed by atoms with Gasteiger partial charge >= 0.3 is 0 Å². The van der Waals surface area contributed by atoms with Crippen LogP contribution < -0.4 is 9.47 Å². The van der Waals surface area contributed by atoms with Crippen LogP contribution in [0.2, 0.25) is 0 Å². The van der Waals surface area contributed by atoms with Gasteiger partial charge in [0, 0.05) is 11.3 Å². The number of rotatable bonds is 4. The zero-order valence-electron chi connectivity index (χ0n) is 11.4. The van der Waals surface area contributed by atoms with Crippen molar-refractivity contribution in [1.82, 2.24) is 4.98 Å². The van der Waals surface area contributed by atoms with Gasteiger partial charge < -0.3 is 9.47 Å². The standard InChI is InChI=1S/C16H17NO2/c1-12-6-4-8-14(17-12)11-10-13-7-5-9-15(18-2)16(13)19-3/h4-11H,1-3H3/b11-10+. The minimum Gasteiger partial charge on any atom is -0.493 e. The van der Waals surface area contributed by atoms with Gasteiger partial charge in [-0.25, -0.2) is 0 Å². The summed E-state index contributed by atoms with van der Waals surface area (Å²) in [5, 5.41) is 0. The third-order valence-electron chi connectivity index (χ3n) is 2.78. The van der Waals surface area contributed by atoms with Crippen LogP contribution in [0.15, 0.2) is 36.4 Å². The maximum absolute atomic E-state index is 5.38. The van der Waals surface area contributed by atoms with Crippen molar-refractivity contribution in [2.45, 2.75) is 6.92 Å². The van der Waals surface area contributed by atoms with E-state index in [1.165, 1.54) is 0 Å². The highest BCUT2D eigenvalue weighted by atomic mass is 16.5. The van der Waals surface area contributed by atoms with Crippen molar-refractivity contribution in [3.05, 3.63) is 53.3 Å². The summed E-state index contributed by atoms with van der Waals surface area (Å²) in [4.78, 5) is 4.43. The zero-order chi connectivity index (χ0) is 13.7. The summed E-state index contributed by atoms with van der Waals surface area (Å²) < 4.78 is 10.7. The first-order valence-electron chi connectivity index (χ1n) is 6.07. The van der Waals surface area contributed by atoms with Gasteiger partial charge in [-0.05, 0) is 37.3 Å². The molecule has 3 heteroatoms. The van der Waals surface area contributed by atoms with Crippen molar-refractivity contribution < 1.29 is 9.47 Å². The molecule has 0 radical (unpaired) electrons. The second kappa shape index (κ2) is 6.05. The zero-order valence-corrected chi connectivity index (χ0v) is 11.4. The smallest absolute Gasteiger partial charge is 0.167 e. The number of aromatic nitrogens is 1. The lowest BCUT2D eigenvalue weighted by Crippen LogP contribution is -1.92. The largest absolute Gasteiger partial charge is 0.493 e. The maximum Gasteiger partial charge on any atom is 0.167 e. The molecule has 2 rings (SSSR count). The number of para-hydroxylation sites is 1. The fraction of sp³-hybridized carbons (Fsp3) is 0.188. The summed E-state index contributed by atoms with van der Waals surface area (Å²) in [6.07, 6.45) is 3.94. The Morgan fingerprint density at radius 2 is 1.74 bits per heavy atom. The highest BCUT2D eigenvalue weighted by Crippen LogP contribution is 2.31. The second-order valence-corrected chi connectivity index (χ2v) is 4.12. The molecule has 0 N–H and O–H groups in total. The summed E-state index contributed by atoms with van der Waals surface area (Å²) in [5.41, 5.74) is 2.88. The minimum atomic E-state index is 0.724. The van der Waals surface area contributed by atoms with Crippen LogP contribution in [0.25, 0.3) is 12.2 Å². The van der Waals surface area contributed by atoms with Gasteiger partial charge in [0.25, 0.3) is 0 Å². The summed E-state index contributed by atoms with van der Waals surface area (Å²) >= 11 is 0. The molecule has 0 atom stereocenters. The molecular weight excluding hydrogens is 238 g/mol. The first kappa shape index (κ1) is 13.1. The maximum atomic E-state index is 5.38. The Hall–Kier alpha value is -2.29. The molecule has 0 unspecified atom stereocenters. The molecule has 0 aliphatic carbocycles. The van der Waals surface area contributed by atoms with Crippen LogP contribution in [-0.4, -0.2) is 19.2 Å². The molecular formula is C16H17NO2. The Morgan fingerprint density at radius 1 is 0.947 bits per heavy atom. The molecule has 0 aliphatic rings. The highest BCUT2D eigenvalue weighted by molar-refractivity contribution is 5.73. The molecule has 0 spiro atoms. The van der Waals surface area contributed by atoms with E-state index in [1.807, 2.05) is 55.5 Å². The molecule has 0 aliphatic heterocycles. The third kappa shape index (κ3) is 3.13. The van der Waals surface area contributed by atoms with Crippen molar-refractivity contribution in [1.29, 1.82) is 0 Å². The Labute approximate surface area is 113 Å². The number of methoxy groups -OCH3 is 2. The lowest BCUT2D eigenvalue weighted by atomic mass is 10.1. The average molecular weight is 255 g/mol. The Morgan fingerprint density at radius 3 is 2.42 bits per heavy atom. The summed E-state index contributed by atoms with van der Waals surface area (Å²) in [7, 11) is 3.27. The SMILES string of the molecule is COc1cccc(/C=C/c2cccc(C)n2)c1OC. The van der Waals surface area contributed by atoms with Gasteiger partial charge in [-0.15, -0.1) is 0 Å². The second-order valence-electron chi connectivity index (χ2n) is 4.12. The third-order valence-corrected chi connectivity index (χ3v) is 2.78. The van der Waals surface area contributed by atoms with E-state index in [2.05, 4.69) is 4.98 Å². The van der Waals surface area contributed by atoms with E-state index in [-0.39, 0.29) is 0 Å². The number of aryl methyl sites for hydroxylation is 1. The van der Waals surface area contributed by atoms with Crippen LogP contribution in [0, 0.1) is 6.92 Å². The lowest BCUT2D eigenvalue weighted by molar-refractivity contribution is 0.354. The normalized spacial score (nSPS) is 10.7. The van der Waals surface area contributed by atoms with Gasteiger partial charge in [0.05, 0.1) is 19.9 Å². The van der Waals surface area contributed by atoms with Gasteiger partial charge in [-0.2, -0.15) is 0 Å². The van der Waals surface area contributed by atoms with Crippen LogP contribution in [0.4, 0.5) is 0 Å². The Kier molecular flexibility index (Phi) is 4.18. The quantitative estimate of drug-likeness (QED) is 0.836. The number of nitrogens with zero attached hydrogens (tertiary/aromatic N) is 1. The molecule has 1 aromatic carbocycles. The Bertz CT molecular complexity index is 591. The predicted octanol–water partition coefficient (Wildman–Crippen LogP) is 3.58. The fourth-order valence-corrected chi connectivity index (χ4v) is 1.88. The van der Waals surface area contributed by atoms with E-state index in [0.717, 1.165) is 28.5 Å². The molecule has 0 saturated heterocycles. The first-order chi connectivity index (χ1) is 9.24. The molecule has 19 heavy (non-hydrogen) atoms. The van der Waals surface area contributed by atoms with Crippen LogP contribution in [0.3, 0.4) is 0 Å². The number of benzene rings is 1. The molecule has 1 aromatic heterocycles. The monoisotopic (exact) mass is 255 g/mol. The topological polar surface area (TPSA) is 31.4 Å². The van der Waals surface area contributed by atoms with Gasteiger partial charge in [-0.3, -0.25) is 4.98 Å². The van der Waals surface area contributed by atoms with Crippen molar-refractivity contribution >= 4 is 12.2 Å². The van der Waals surface area contributed by atoms with Crippen LogP contribution in [0.5, 0.6) is 11.5 Å². The fourth-order valence-electron chi connectivity index (χ4n) is 1.88. The molecule has 0 saturated carbocycles. The van der Waals surface area contributed by atoms with E-state index in [1.54, 1.807) is 14.2 Å².